The van der Waals surface area contributed by atoms with Crippen LogP contribution in [0.4, 0.5) is 5.88 Å². The van der Waals surface area contributed by atoms with Crippen molar-refractivity contribution < 1.29 is 23.5 Å². The predicted molar refractivity (Wildman–Crippen MR) is 138 cm³/mol. The molecule has 1 amide bonds. The zero-order valence-corrected chi connectivity index (χ0v) is 21.2. The van der Waals surface area contributed by atoms with Crippen LogP contribution in [0.1, 0.15) is 33.3 Å². The molecule has 36 heavy (non-hydrogen) atoms. The van der Waals surface area contributed by atoms with Crippen LogP contribution in [0.2, 0.25) is 15.1 Å². The normalized spacial score (nSPS) is 10.7. The first-order valence-corrected chi connectivity index (χ1v) is 11.9. The fourth-order valence-corrected chi connectivity index (χ4v) is 3.79. The standard InChI is InChI=1S/C26H19Cl3N2O5/c1-2-34-26(33)22-25(31-23(32)15-6-10-17(27)11-7-15)36-24(30-22)16-8-12-18(13-9-16)35-14-19-20(28)4-3-5-21(19)29/h3-13H,2,14H2,1H3,(H,31,32). The Balaban J connectivity index is 1.54. The number of aromatic nitrogens is 1. The maximum atomic E-state index is 12.7. The van der Waals surface area contributed by atoms with Crippen LogP contribution in [0.5, 0.6) is 5.75 Å². The van der Waals surface area contributed by atoms with E-state index in [1.54, 1.807) is 73.7 Å². The van der Waals surface area contributed by atoms with Gasteiger partial charge in [-0.25, -0.2) is 4.79 Å². The number of benzene rings is 3. The van der Waals surface area contributed by atoms with Gasteiger partial charge in [0, 0.05) is 31.8 Å². The highest BCUT2D eigenvalue weighted by atomic mass is 35.5. The molecule has 7 nitrogen and oxygen atoms in total. The van der Waals surface area contributed by atoms with Crippen LogP contribution in [0.15, 0.2) is 71.1 Å². The van der Waals surface area contributed by atoms with Crippen molar-refractivity contribution >= 4 is 52.6 Å². The lowest BCUT2D eigenvalue weighted by Crippen LogP contribution is -2.15. The van der Waals surface area contributed by atoms with Gasteiger partial charge >= 0.3 is 5.97 Å². The third-order valence-corrected chi connectivity index (χ3v) is 5.94. The minimum absolute atomic E-state index is 0.116. The van der Waals surface area contributed by atoms with Gasteiger partial charge in [0.2, 0.25) is 17.5 Å². The molecule has 10 heteroatoms. The number of amides is 1. The molecule has 1 aromatic heterocycles. The summed E-state index contributed by atoms with van der Waals surface area (Å²) in [5, 5.41) is 4.09. The Morgan fingerprint density at radius 1 is 0.944 bits per heavy atom. The average molecular weight is 546 g/mol. The van der Waals surface area contributed by atoms with E-state index in [0.29, 0.717) is 37.5 Å². The lowest BCUT2D eigenvalue weighted by atomic mass is 10.2. The molecule has 3 aromatic carbocycles. The number of hydrogen-bond acceptors (Lipinski definition) is 6. The van der Waals surface area contributed by atoms with Gasteiger partial charge in [-0.2, -0.15) is 4.98 Å². The summed E-state index contributed by atoms with van der Waals surface area (Å²) < 4.78 is 16.6. The quantitative estimate of drug-likeness (QED) is 0.233. The van der Waals surface area contributed by atoms with Crippen molar-refractivity contribution in [3.05, 3.63) is 98.6 Å². The third kappa shape index (κ3) is 5.99. The molecule has 1 N–H and O–H groups in total. The van der Waals surface area contributed by atoms with E-state index in [-0.39, 0.29) is 30.7 Å². The largest absolute Gasteiger partial charge is 0.489 e. The van der Waals surface area contributed by atoms with Crippen LogP contribution in [0.25, 0.3) is 11.5 Å². The molecule has 0 unspecified atom stereocenters. The third-order valence-electron chi connectivity index (χ3n) is 4.98. The summed E-state index contributed by atoms with van der Waals surface area (Å²) >= 11 is 18.3. The topological polar surface area (TPSA) is 90.7 Å². The van der Waals surface area contributed by atoms with Gasteiger partial charge in [0.1, 0.15) is 12.4 Å². The number of oxazole rings is 1. The maximum absolute atomic E-state index is 12.7. The lowest BCUT2D eigenvalue weighted by Gasteiger charge is -2.09. The molecule has 0 aliphatic rings. The van der Waals surface area contributed by atoms with E-state index in [9.17, 15) is 9.59 Å². The smallest absolute Gasteiger partial charge is 0.362 e. The summed E-state index contributed by atoms with van der Waals surface area (Å²) in [7, 11) is 0. The van der Waals surface area contributed by atoms with Gasteiger partial charge in [-0.05, 0) is 67.6 Å². The first-order chi connectivity index (χ1) is 17.4. The van der Waals surface area contributed by atoms with Crippen molar-refractivity contribution in [2.24, 2.45) is 0 Å². The molecule has 0 saturated heterocycles. The molecule has 4 rings (SSSR count). The molecule has 0 aliphatic carbocycles. The zero-order chi connectivity index (χ0) is 25.7. The molecule has 0 atom stereocenters. The first kappa shape index (κ1) is 25.6. The molecular formula is C26H19Cl3N2O5. The number of anilines is 1. The molecule has 0 radical (unpaired) electrons. The fourth-order valence-electron chi connectivity index (χ4n) is 3.16. The van der Waals surface area contributed by atoms with Crippen molar-refractivity contribution in [3.63, 3.8) is 0 Å². The van der Waals surface area contributed by atoms with Crippen LogP contribution in [0.3, 0.4) is 0 Å². The van der Waals surface area contributed by atoms with Crippen molar-refractivity contribution in [2.45, 2.75) is 13.5 Å². The highest BCUT2D eigenvalue weighted by molar-refractivity contribution is 6.36. The van der Waals surface area contributed by atoms with Crippen LogP contribution in [-0.4, -0.2) is 23.5 Å². The van der Waals surface area contributed by atoms with Crippen molar-refractivity contribution in [1.82, 2.24) is 4.98 Å². The molecule has 0 saturated carbocycles. The SMILES string of the molecule is CCOC(=O)c1nc(-c2ccc(OCc3c(Cl)cccc3Cl)cc2)oc1NC(=O)c1ccc(Cl)cc1. The summed E-state index contributed by atoms with van der Waals surface area (Å²) in [5.74, 6) is -0.678. The number of carbonyl (C=O) groups excluding carboxylic acids is 2. The van der Waals surface area contributed by atoms with E-state index in [4.69, 9.17) is 48.7 Å². The van der Waals surface area contributed by atoms with Gasteiger partial charge in [0.25, 0.3) is 5.91 Å². The van der Waals surface area contributed by atoms with E-state index in [2.05, 4.69) is 10.3 Å². The molecular weight excluding hydrogens is 527 g/mol. The number of ether oxygens (including phenoxy) is 2. The van der Waals surface area contributed by atoms with E-state index in [1.807, 2.05) is 0 Å². The van der Waals surface area contributed by atoms with Crippen LogP contribution < -0.4 is 10.1 Å². The van der Waals surface area contributed by atoms with E-state index < -0.39 is 11.9 Å². The second kappa shape index (κ2) is 11.5. The number of nitrogens with one attached hydrogen (secondary N) is 1. The van der Waals surface area contributed by atoms with Gasteiger partial charge in [0.05, 0.1) is 6.61 Å². The van der Waals surface area contributed by atoms with Crippen molar-refractivity contribution in [1.29, 1.82) is 0 Å². The summed E-state index contributed by atoms with van der Waals surface area (Å²) in [5.41, 5.74) is 1.41. The number of hydrogen-bond donors (Lipinski definition) is 1. The Kier molecular flexibility index (Phi) is 8.15. The van der Waals surface area contributed by atoms with Gasteiger partial charge in [0.15, 0.2) is 0 Å². The summed E-state index contributed by atoms with van der Waals surface area (Å²) in [6.07, 6.45) is 0. The molecule has 0 spiro atoms. The van der Waals surface area contributed by atoms with Crippen molar-refractivity contribution in [3.8, 4) is 17.2 Å². The van der Waals surface area contributed by atoms with Crippen molar-refractivity contribution in [2.75, 3.05) is 11.9 Å². The van der Waals surface area contributed by atoms with Gasteiger partial charge in [-0.15, -0.1) is 0 Å². The molecule has 0 fully saturated rings. The fraction of sp³-hybridized carbons (Fsp3) is 0.115. The van der Waals surface area contributed by atoms with E-state index >= 15 is 0 Å². The van der Waals surface area contributed by atoms with Gasteiger partial charge < -0.3 is 13.9 Å². The average Bonchev–Trinajstić information content (AvgIpc) is 3.28. The highest BCUT2D eigenvalue weighted by Gasteiger charge is 2.24. The molecule has 0 aliphatic heterocycles. The Labute approximate surface area is 221 Å². The number of esters is 1. The number of rotatable bonds is 8. The minimum atomic E-state index is -0.726. The highest BCUT2D eigenvalue weighted by Crippen LogP contribution is 2.30. The first-order valence-electron chi connectivity index (χ1n) is 10.8. The zero-order valence-electron chi connectivity index (χ0n) is 18.9. The molecule has 0 bridgehead atoms. The van der Waals surface area contributed by atoms with Crippen LogP contribution in [0, 0.1) is 0 Å². The molecule has 4 aromatic rings. The summed E-state index contributed by atoms with van der Waals surface area (Å²) in [6.45, 7) is 1.98. The Morgan fingerprint density at radius 3 is 2.25 bits per heavy atom. The number of carbonyl (C=O) groups is 2. The second-order valence-electron chi connectivity index (χ2n) is 7.39. The maximum Gasteiger partial charge on any atom is 0.362 e. The Morgan fingerprint density at radius 2 is 1.61 bits per heavy atom. The van der Waals surface area contributed by atoms with Crippen LogP contribution in [-0.2, 0) is 11.3 Å². The monoisotopic (exact) mass is 544 g/mol. The summed E-state index contributed by atoms with van der Waals surface area (Å²) in [4.78, 5) is 29.4. The van der Waals surface area contributed by atoms with Gasteiger partial charge in [-0.3, -0.25) is 10.1 Å². The molecule has 184 valence electrons. The summed E-state index contributed by atoms with van der Waals surface area (Å²) in [6, 6.07) is 18.3. The lowest BCUT2D eigenvalue weighted by molar-refractivity contribution is 0.0521. The number of halogens is 3. The minimum Gasteiger partial charge on any atom is -0.489 e. The number of nitrogens with zero attached hydrogens (tertiary/aromatic N) is 1. The predicted octanol–water partition coefficient (Wildman–Crippen LogP) is 7.31. The molecule has 1 heterocycles. The second-order valence-corrected chi connectivity index (χ2v) is 8.64. The van der Waals surface area contributed by atoms with Crippen LogP contribution >= 0.6 is 34.8 Å². The Bertz CT molecular complexity index is 1370. The van der Waals surface area contributed by atoms with Gasteiger partial charge in [-0.1, -0.05) is 40.9 Å². The van der Waals surface area contributed by atoms with E-state index in [1.165, 1.54) is 0 Å². The Hall–Kier alpha value is -3.52. The van der Waals surface area contributed by atoms with E-state index in [0.717, 1.165) is 0 Å².